The molecular formula is C33H38O2. The summed E-state index contributed by atoms with van der Waals surface area (Å²) < 4.78 is 5.79. The summed E-state index contributed by atoms with van der Waals surface area (Å²) in [5.74, 6) is 1.20. The third kappa shape index (κ3) is 4.85. The van der Waals surface area contributed by atoms with E-state index in [2.05, 4.69) is 74.5 Å². The van der Waals surface area contributed by atoms with Crippen LogP contribution in [0.2, 0.25) is 0 Å². The summed E-state index contributed by atoms with van der Waals surface area (Å²) in [4.78, 5) is 12.3. The Morgan fingerprint density at radius 1 is 0.743 bits per heavy atom. The van der Waals surface area contributed by atoms with Crippen molar-refractivity contribution in [3.63, 3.8) is 0 Å². The van der Waals surface area contributed by atoms with E-state index in [4.69, 9.17) is 4.74 Å². The van der Waals surface area contributed by atoms with Gasteiger partial charge < -0.3 is 4.74 Å². The number of fused-ring (bicyclic) bond motifs is 1. The molecule has 0 N–H and O–H groups in total. The lowest BCUT2D eigenvalue weighted by atomic mass is 9.89. The normalized spacial score (nSPS) is 17.2. The average Bonchev–Trinajstić information content (AvgIpc) is 3.10. The molecule has 0 bridgehead atoms. The minimum atomic E-state index is -0.631. The van der Waals surface area contributed by atoms with E-state index in [1.54, 1.807) is 0 Å². The third-order valence-electron chi connectivity index (χ3n) is 7.93. The maximum absolute atomic E-state index is 12.3. The van der Waals surface area contributed by atoms with Crippen LogP contribution in [-0.4, -0.2) is 5.97 Å². The SMILES string of the molecule is CC1c2cccc3cccc(c23)C1C.CCC(C)(C)C(=O)OC(C)(C)c1ccc2ccccc2c1. The topological polar surface area (TPSA) is 26.3 Å². The zero-order valence-corrected chi connectivity index (χ0v) is 22.2. The summed E-state index contributed by atoms with van der Waals surface area (Å²) in [5.41, 5.74) is 3.00. The van der Waals surface area contributed by atoms with E-state index in [-0.39, 0.29) is 5.97 Å². The molecule has 1 aliphatic rings. The first-order chi connectivity index (χ1) is 16.5. The van der Waals surface area contributed by atoms with Gasteiger partial charge in [-0.05, 0) is 90.3 Å². The molecule has 0 saturated heterocycles. The van der Waals surface area contributed by atoms with Gasteiger partial charge in [-0.2, -0.15) is 0 Å². The van der Waals surface area contributed by atoms with Gasteiger partial charge in [0.05, 0.1) is 5.41 Å². The second-order valence-corrected chi connectivity index (χ2v) is 11.1. The smallest absolute Gasteiger partial charge is 0.312 e. The van der Waals surface area contributed by atoms with Crippen LogP contribution < -0.4 is 0 Å². The Hall–Kier alpha value is -3.13. The van der Waals surface area contributed by atoms with Crippen LogP contribution in [0, 0.1) is 5.41 Å². The van der Waals surface area contributed by atoms with Crippen molar-refractivity contribution in [1.29, 1.82) is 0 Å². The Bertz CT molecular complexity index is 1320. The molecular weight excluding hydrogens is 428 g/mol. The number of hydrogen-bond acceptors (Lipinski definition) is 2. The lowest BCUT2D eigenvalue weighted by Crippen LogP contribution is -2.33. The van der Waals surface area contributed by atoms with Gasteiger partial charge >= 0.3 is 5.97 Å². The highest BCUT2D eigenvalue weighted by molar-refractivity contribution is 5.92. The van der Waals surface area contributed by atoms with Crippen molar-refractivity contribution in [2.24, 2.45) is 5.41 Å². The maximum Gasteiger partial charge on any atom is 0.312 e. The third-order valence-corrected chi connectivity index (χ3v) is 7.93. The predicted octanol–water partition coefficient (Wildman–Crippen LogP) is 9.11. The van der Waals surface area contributed by atoms with E-state index in [1.807, 2.05) is 52.8 Å². The van der Waals surface area contributed by atoms with Crippen LogP contribution in [0.3, 0.4) is 0 Å². The molecule has 0 radical (unpaired) electrons. The van der Waals surface area contributed by atoms with Crippen LogP contribution in [-0.2, 0) is 15.1 Å². The molecule has 5 rings (SSSR count). The minimum absolute atomic E-state index is 0.150. The van der Waals surface area contributed by atoms with E-state index in [0.717, 1.165) is 17.4 Å². The van der Waals surface area contributed by atoms with Gasteiger partial charge in [0.25, 0.3) is 0 Å². The van der Waals surface area contributed by atoms with Gasteiger partial charge in [-0.3, -0.25) is 4.79 Å². The fourth-order valence-corrected chi connectivity index (χ4v) is 4.83. The molecule has 0 spiro atoms. The largest absolute Gasteiger partial charge is 0.454 e. The van der Waals surface area contributed by atoms with E-state index >= 15 is 0 Å². The molecule has 4 aromatic rings. The molecule has 0 amide bonds. The van der Waals surface area contributed by atoms with Gasteiger partial charge in [-0.1, -0.05) is 93.6 Å². The van der Waals surface area contributed by atoms with Gasteiger partial charge in [-0.25, -0.2) is 0 Å². The number of esters is 1. The molecule has 35 heavy (non-hydrogen) atoms. The molecule has 0 aliphatic heterocycles. The molecule has 2 nitrogen and oxygen atoms in total. The monoisotopic (exact) mass is 466 g/mol. The zero-order valence-electron chi connectivity index (χ0n) is 22.2. The molecule has 4 aromatic carbocycles. The standard InChI is InChI=1S/C19H24O2.C14H14/c1-6-18(2,3)17(20)21-19(4,5)16-12-11-14-9-7-8-10-15(14)13-16;1-9-10(2)13-8-4-6-11-5-3-7-12(9)14(11)13/h7-13H,6H2,1-5H3;3-10H,1-2H3. The van der Waals surface area contributed by atoms with E-state index in [1.165, 1.54) is 27.3 Å². The minimum Gasteiger partial charge on any atom is -0.454 e. The first-order valence-electron chi connectivity index (χ1n) is 12.8. The second kappa shape index (κ2) is 9.49. The number of hydrogen-bond donors (Lipinski definition) is 0. The molecule has 2 unspecified atom stereocenters. The number of carbonyl (C=O) groups excluding carboxylic acids is 1. The Balaban J connectivity index is 0.000000177. The Kier molecular flexibility index (Phi) is 6.77. The number of benzene rings is 4. The van der Waals surface area contributed by atoms with E-state index < -0.39 is 11.0 Å². The molecule has 2 heteroatoms. The molecule has 0 saturated carbocycles. The van der Waals surface area contributed by atoms with Crippen molar-refractivity contribution in [3.05, 3.63) is 95.6 Å². The van der Waals surface area contributed by atoms with Crippen LogP contribution in [0.25, 0.3) is 21.5 Å². The van der Waals surface area contributed by atoms with Crippen molar-refractivity contribution in [3.8, 4) is 0 Å². The van der Waals surface area contributed by atoms with Crippen molar-refractivity contribution in [2.75, 3.05) is 0 Å². The zero-order chi connectivity index (χ0) is 25.4. The first-order valence-corrected chi connectivity index (χ1v) is 12.8. The van der Waals surface area contributed by atoms with Crippen molar-refractivity contribution in [2.45, 2.75) is 72.3 Å². The fraction of sp³-hybridized carbons (Fsp3) is 0.364. The summed E-state index contributed by atoms with van der Waals surface area (Å²) in [6.45, 7) is 14.4. The summed E-state index contributed by atoms with van der Waals surface area (Å²) >= 11 is 0. The van der Waals surface area contributed by atoms with Gasteiger partial charge in [0, 0.05) is 0 Å². The lowest BCUT2D eigenvalue weighted by Gasteiger charge is -2.31. The number of ether oxygens (including phenoxy) is 1. The van der Waals surface area contributed by atoms with Crippen LogP contribution in [0.15, 0.2) is 78.9 Å². The Morgan fingerprint density at radius 3 is 1.86 bits per heavy atom. The number of carbonyl (C=O) groups is 1. The van der Waals surface area contributed by atoms with Crippen LogP contribution >= 0.6 is 0 Å². The average molecular weight is 467 g/mol. The highest BCUT2D eigenvalue weighted by Gasteiger charge is 2.34. The fourth-order valence-electron chi connectivity index (χ4n) is 4.83. The summed E-state index contributed by atoms with van der Waals surface area (Å²) in [5, 5.41) is 5.26. The first kappa shape index (κ1) is 25.0. The quantitative estimate of drug-likeness (QED) is 0.280. The number of rotatable bonds is 4. The van der Waals surface area contributed by atoms with Crippen molar-refractivity contribution >= 4 is 27.5 Å². The Labute approximate surface area is 210 Å². The Morgan fingerprint density at radius 2 is 1.29 bits per heavy atom. The van der Waals surface area contributed by atoms with Crippen LogP contribution in [0.1, 0.15) is 83.4 Å². The second-order valence-electron chi connectivity index (χ2n) is 11.1. The van der Waals surface area contributed by atoms with Crippen molar-refractivity contribution < 1.29 is 9.53 Å². The van der Waals surface area contributed by atoms with Gasteiger partial charge in [0.15, 0.2) is 0 Å². The lowest BCUT2D eigenvalue weighted by molar-refractivity contribution is -0.168. The van der Waals surface area contributed by atoms with Crippen molar-refractivity contribution in [1.82, 2.24) is 0 Å². The summed E-state index contributed by atoms with van der Waals surface area (Å²) in [7, 11) is 0. The molecule has 1 aliphatic carbocycles. The summed E-state index contributed by atoms with van der Waals surface area (Å²) in [6.07, 6.45) is 0.764. The highest BCUT2D eigenvalue weighted by atomic mass is 16.6. The van der Waals surface area contributed by atoms with E-state index in [0.29, 0.717) is 11.8 Å². The molecule has 0 heterocycles. The van der Waals surface area contributed by atoms with E-state index in [9.17, 15) is 4.79 Å². The van der Waals surface area contributed by atoms with Gasteiger partial charge in [0.1, 0.15) is 5.60 Å². The van der Waals surface area contributed by atoms with Gasteiger partial charge in [-0.15, -0.1) is 0 Å². The molecule has 0 aromatic heterocycles. The highest BCUT2D eigenvalue weighted by Crippen LogP contribution is 2.45. The maximum atomic E-state index is 12.3. The van der Waals surface area contributed by atoms with Crippen LogP contribution in [0.4, 0.5) is 0 Å². The molecule has 0 fully saturated rings. The van der Waals surface area contributed by atoms with Gasteiger partial charge in [0.2, 0.25) is 0 Å². The van der Waals surface area contributed by atoms with Crippen LogP contribution in [0.5, 0.6) is 0 Å². The predicted molar refractivity (Wildman–Crippen MR) is 148 cm³/mol. The summed E-state index contributed by atoms with van der Waals surface area (Å²) in [6, 6.07) is 27.8. The molecule has 182 valence electrons. The molecule has 2 atom stereocenters.